The average molecular weight is 226 g/mol. The zero-order chi connectivity index (χ0) is 10.5. The highest BCUT2D eigenvalue weighted by molar-refractivity contribution is 7.09. The Morgan fingerprint density at radius 1 is 1.60 bits per heavy atom. The lowest BCUT2D eigenvalue weighted by atomic mass is 10.00. The van der Waals surface area contributed by atoms with E-state index in [9.17, 15) is 0 Å². The number of aromatic nitrogens is 1. The number of hydrogen-bond acceptors (Lipinski definition) is 4. The van der Waals surface area contributed by atoms with Crippen LogP contribution in [0, 0.1) is 5.92 Å². The summed E-state index contributed by atoms with van der Waals surface area (Å²) < 4.78 is 5.34. The quantitative estimate of drug-likeness (QED) is 0.855. The Balaban J connectivity index is 1.73. The van der Waals surface area contributed by atoms with Crippen molar-refractivity contribution in [2.24, 2.45) is 5.92 Å². The van der Waals surface area contributed by atoms with E-state index >= 15 is 0 Å². The molecule has 1 N–H and O–H groups in total. The maximum atomic E-state index is 5.34. The molecule has 3 nitrogen and oxygen atoms in total. The molecular formula is C11H18N2OS. The zero-order valence-corrected chi connectivity index (χ0v) is 9.93. The lowest BCUT2D eigenvalue weighted by Gasteiger charge is -2.23. The summed E-state index contributed by atoms with van der Waals surface area (Å²) in [4.78, 5) is 5.42. The Labute approximate surface area is 94.9 Å². The summed E-state index contributed by atoms with van der Waals surface area (Å²) in [6.45, 7) is 5.16. The predicted molar refractivity (Wildman–Crippen MR) is 62.1 cm³/mol. The topological polar surface area (TPSA) is 34.1 Å². The molecule has 1 unspecified atom stereocenters. The molecule has 2 heterocycles. The Bertz CT molecular complexity index is 270. The van der Waals surface area contributed by atoms with Gasteiger partial charge in [-0.05, 0) is 32.2 Å². The highest BCUT2D eigenvalue weighted by Crippen LogP contribution is 2.18. The minimum absolute atomic E-state index is 0.431. The maximum Gasteiger partial charge on any atom is 0.0794 e. The molecule has 1 atom stereocenters. The van der Waals surface area contributed by atoms with Crippen LogP contribution in [0.5, 0.6) is 0 Å². The molecule has 1 aromatic heterocycles. The number of thiazole rings is 1. The van der Waals surface area contributed by atoms with Gasteiger partial charge in [-0.15, -0.1) is 11.3 Å². The molecule has 4 heteroatoms. The van der Waals surface area contributed by atoms with Gasteiger partial charge >= 0.3 is 0 Å². The summed E-state index contributed by atoms with van der Waals surface area (Å²) in [6, 6.07) is 0.431. The summed E-state index contributed by atoms with van der Waals surface area (Å²) in [5.41, 5.74) is 1.89. The van der Waals surface area contributed by atoms with Gasteiger partial charge < -0.3 is 10.1 Å². The fraction of sp³-hybridized carbons (Fsp3) is 0.727. The van der Waals surface area contributed by atoms with Gasteiger partial charge in [0.15, 0.2) is 0 Å². The first-order valence-electron chi connectivity index (χ1n) is 5.56. The summed E-state index contributed by atoms with van der Waals surface area (Å²) in [6.07, 6.45) is 4.34. The van der Waals surface area contributed by atoms with Crippen molar-refractivity contribution in [3.63, 3.8) is 0 Å². The van der Waals surface area contributed by atoms with Crippen LogP contribution in [-0.4, -0.2) is 24.7 Å². The molecule has 1 aliphatic heterocycles. The van der Waals surface area contributed by atoms with Crippen LogP contribution >= 0.6 is 11.3 Å². The molecule has 1 fully saturated rings. The third-order valence-electron chi connectivity index (χ3n) is 2.93. The number of ether oxygens (including phenoxy) is 1. The van der Waals surface area contributed by atoms with E-state index in [1.807, 2.05) is 11.7 Å². The molecule has 0 amide bonds. The average Bonchev–Trinajstić information content (AvgIpc) is 2.81. The highest BCUT2D eigenvalue weighted by Gasteiger charge is 2.15. The third kappa shape index (κ3) is 3.26. The van der Waals surface area contributed by atoms with E-state index in [1.165, 1.54) is 17.7 Å². The van der Waals surface area contributed by atoms with Crippen LogP contribution in [-0.2, 0) is 4.74 Å². The summed E-state index contributed by atoms with van der Waals surface area (Å²) >= 11 is 1.72. The van der Waals surface area contributed by atoms with Crippen LogP contribution in [0.3, 0.4) is 0 Å². The standard InChI is InChI=1S/C11H18N2OS/c1-9(11-7-12-8-15-11)13-6-10-2-4-14-5-3-10/h7-10,13H,2-6H2,1H3. The van der Waals surface area contributed by atoms with Gasteiger partial charge in [0, 0.05) is 30.3 Å². The van der Waals surface area contributed by atoms with Gasteiger partial charge in [0.05, 0.1) is 5.51 Å². The lowest BCUT2D eigenvalue weighted by Crippen LogP contribution is -2.29. The first-order chi connectivity index (χ1) is 7.36. The zero-order valence-electron chi connectivity index (χ0n) is 9.11. The SMILES string of the molecule is CC(NCC1CCOCC1)c1cncs1. The Hall–Kier alpha value is -0.450. The van der Waals surface area contributed by atoms with Crippen molar-refractivity contribution in [2.75, 3.05) is 19.8 Å². The first kappa shape index (κ1) is 11.0. The Morgan fingerprint density at radius 2 is 2.40 bits per heavy atom. The molecule has 0 saturated carbocycles. The van der Waals surface area contributed by atoms with E-state index in [2.05, 4.69) is 17.2 Å². The van der Waals surface area contributed by atoms with Crippen LogP contribution in [0.2, 0.25) is 0 Å². The number of nitrogens with zero attached hydrogens (tertiary/aromatic N) is 1. The summed E-state index contributed by atoms with van der Waals surface area (Å²) in [7, 11) is 0. The van der Waals surface area contributed by atoms with Crippen molar-refractivity contribution in [3.05, 3.63) is 16.6 Å². The maximum absolute atomic E-state index is 5.34. The molecule has 0 radical (unpaired) electrons. The van der Waals surface area contributed by atoms with Crippen molar-refractivity contribution < 1.29 is 4.74 Å². The number of rotatable bonds is 4. The molecule has 0 aliphatic carbocycles. The first-order valence-corrected chi connectivity index (χ1v) is 6.43. The van der Waals surface area contributed by atoms with Crippen LogP contribution < -0.4 is 5.32 Å². The van der Waals surface area contributed by atoms with Crippen molar-refractivity contribution in [1.29, 1.82) is 0 Å². The lowest BCUT2D eigenvalue weighted by molar-refractivity contribution is 0.0656. The normalized spacial score (nSPS) is 20.3. The fourth-order valence-corrected chi connectivity index (χ4v) is 2.49. The van der Waals surface area contributed by atoms with E-state index in [1.54, 1.807) is 11.3 Å². The smallest absolute Gasteiger partial charge is 0.0794 e. The third-order valence-corrected chi connectivity index (χ3v) is 3.89. The molecule has 84 valence electrons. The molecule has 1 saturated heterocycles. The fourth-order valence-electron chi connectivity index (χ4n) is 1.83. The van der Waals surface area contributed by atoms with Gasteiger partial charge in [-0.1, -0.05) is 0 Å². The minimum atomic E-state index is 0.431. The Kier molecular flexibility index (Phi) is 4.11. The van der Waals surface area contributed by atoms with Gasteiger partial charge in [0.25, 0.3) is 0 Å². The molecular weight excluding hydrogens is 208 g/mol. The molecule has 0 spiro atoms. The van der Waals surface area contributed by atoms with Crippen LogP contribution in [0.15, 0.2) is 11.7 Å². The van der Waals surface area contributed by atoms with Gasteiger partial charge in [0.1, 0.15) is 0 Å². The monoisotopic (exact) mass is 226 g/mol. The number of hydrogen-bond donors (Lipinski definition) is 1. The van der Waals surface area contributed by atoms with Crippen molar-refractivity contribution >= 4 is 11.3 Å². The van der Waals surface area contributed by atoms with Crippen molar-refractivity contribution in [1.82, 2.24) is 10.3 Å². The van der Waals surface area contributed by atoms with Gasteiger partial charge in [-0.3, -0.25) is 4.98 Å². The van der Waals surface area contributed by atoms with E-state index < -0.39 is 0 Å². The molecule has 1 aliphatic rings. The van der Waals surface area contributed by atoms with Crippen molar-refractivity contribution in [2.45, 2.75) is 25.8 Å². The highest BCUT2D eigenvalue weighted by atomic mass is 32.1. The van der Waals surface area contributed by atoms with Crippen molar-refractivity contribution in [3.8, 4) is 0 Å². The second-order valence-electron chi connectivity index (χ2n) is 4.09. The van der Waals surface area contributed by atoms with Crippen LogP contribution in [0.25, 0.3) is 0 Å². The van der Waals surface area contributed by atoms with E-state index in [-0.39, 0.29) is 0 Å². The number of nitrogens with one attached hydrogen (secondary N) is 1. The van der Waals surface area contributed by atoms with Crippen LogP contribution in [0.1, 0.15) is 30.7 Å². The van der Waals surface area contributed by atoms with E-state index in [4.69, 9.17) is 4.74 Å². The summed E-state index contributed by atoms with van der Waals surface area (Å²) in [5, 5.41) is 3.57. The van der Waals surface area contributed by atoms with Gasteiger partial charge in [-0.25, -0.2) is 0 Å². The minimum Gasteiger partial charge on any atom is -0.381 e. The van der Waals surface area contributed by atoms with Gasteiger partial charge in [0.2, 0.25) is 0 Å². The Morgan fingerprint density at radius 3 is 3.07 bits per heavy atom. The van der Waals surface area contributed by atoms with E-state index in [0.29, 0.717) is 6.04 Å². The molecule has 1 aromatic rings. The predicted octanol–water partition coefficient (Wildman–Crippen LogP) is 2.22. The molecule has 0 aromatic carbocycles. The van der Waals surface area contributed by atoms with Gasteiger partial charge in [-0.2, -0.15) is 0 Å². The van der Waals surface area contributed by atoms with Crippen LogP contribution in [0.4, 0.5) is 0 Å². The molecule has 0 bridgehead atoms. The molecule has 2 rings (SSSR count). The summed E-state index contributed by atoms with van der Waals surface area (Å²) in [5.74, 6) is 0.786. The second-order valence-corrected chi connectivity index (χ2v) is 5.01. The second kappa shape index (κ2) is 5.58. The van der Waals surface area contributed by atoms with E-state index in [0.717, 1.165) is 25.7 Å². The molecule has 15 heavy (non-hydrogen) atoms. The largest absolute Gasteiger partial charge is 0.381 e.